The highest BCUT2D eigenvalue weighted by Crippen LogP contribution is 2.21. The number of imidazole rings is 1. The highest BCUT2D eigenvalue weighted by molar-refractivity contribution is 6.11. The van der Waals surface area contributed by atoms with Crippen LogP contribution in [0, 0.1) is 5.82 Å². The second kappa shape index (κ2) is 6.79. The molecule has 0 atom stereocenters. The van der Waals surface area contributed by atoms with Crippen LogP contribution >= 0.6 is 0 Å². The van der Waals surface area contributed by atoms with Crippen LogP contribution in [0.1, 0.15) is 10.4 Å². The zero-order valence-electron chi connectivity index (χ0n) is 15.1. The molecule has 6 nitrogen and oxygen atoms in total. The molecule has 0 aliphatic carbocycles. The molecule has 0 saturated heterocycles. The van der Waals surface area contributed by atoms with E-state index in [0.29, 0.717) is 16.7 Å². The number of fused-ring (bicyclic) bond motifs is 2. The molecule has 0 radical (unpaired) electrons. The maximum Gasteiger partial charge on any atom is 0.258 e. The molecule has 0 fully saturated rings. The van der Waals surface area contributed by atoms with E-state index in [1.807, 2.05) is 41.0 Å². The van der Waals surface area contributed by atoms with Crippen molar-refractivity contribution in [2.45, 2.75) is 0 Å². The Hall–Kier alpha value is -4.13. The Morgan fingerprint density at radius 2 is 1.69 bits per heavy atom. The molecule has 0 saturated carbocycles. The lowest BCUT2D eigenvalue weighted by atomic mass is 10.1. The van der Waals surface area contributed by atoms with Crippen LogP contribution in [0.25, 0.3) is 27.8 Å². The minimum Gasteiger partial charge on any atom is -0.322 e. The zero-order chi connectivity index (χ0) is 19.8. The van der Waals surface area contributed by atoms with Crippen LogP contribution in [0.4, 0.5) is 10.1 Å². The van der Waals surface area contributed by atoms with Crippen LogP contribution in [0.2, 0.25) is 0 Å². The van der Waals surface area contributed by atoms with Crippen molar-refractivity contribution in [2.24, 2.45) is 0 Å². The molecule has 5 aromatic rings. The Morgan fingerprint density at radius 3 is 2.55 bits per heavy atom. The number of anilines is 1. The van der Waals surface area contributed by atoms with Crippen LogP contribution in [0.5, 0.6) is 0 Å². The number of aromatic nitrogens is 4. The van der Waals surface area contributed by atoms with Crippen LogP contribution in [0.15, 0.2) is 79.4 Å². The number of para-hydroxylation sites is 2. The third kappa shape index (κ3) is 3.08. The summed E-state index contributed by atoms with van der Waals surface area (Å²) in [6, 6.07) is 17.6. The third-order valence-electron chi connectivity index (χ3n) is 4.64. The Balaban J connectivity index is 1.44. The van der Waals surface area contributed by atoms with Gasteiger partial charge in [-0.25, -0.2) is 9.37 Å². The Labute approximate surface area is 164 Å². The van der Waals surface area contributed by atoms with Crippen molar-refractivity contribution < 1.29 is 9.18 Å². The summed E-state index contributed by atoms with van der Waals surface area (Å²) in [6.07, 6.45) is 4.69. The summed E-state index contributed by atoms with van der Waals surface area (Å²) < 4.78 is 15.8. The van der Waals surface area contributed by atoms with Gasteiger partial charge < -0.3 is 5.32 Å². The van der Waals surface area contributed by atoms with Gasteiger partial charge in [-0.1, -0.05) is 12.1 Å². The second-order valence-corrected chi connectivity index (χ2v) is 6.48. The monoisotopic (exact) mass is 383 g/mol. The van der Waals surface area contributed by atoms with Gasteiger partial charge in [-0.3, -0.25) is 19.3 Å². The van der Waals surface area contributed by atoms with E-state index in [0.717, 1.165) is 16.7 Å². The molecule has 0 spiro atoms. The molecule has 5 rings (SSSR count). The van der Waals surface area contributed by atoms with Gasteiger partial charge in [-0.05, 0) is 42.5 Å². The van der Waals surface area contributed by atoms with E-state index in [1.54, 1.807) is 18.5 Å². The summed E-state index contributed by atoms with van der Waals surface area (Å²) in [4.78, 5) is 25.3. The largest absolute Gasteiger partial charge is 0.322 e. The normalized spacial score (nSPS) is 11.1. The molecule has 0 aliphatic heterocycles. The smallest absolute Gasteiger partial charge is 0.258 e. The van der Waals surface area contributed by atoms with Gasteiger partial charge in [0, 0.05) is 29.8 Å². The van der Waals surface area contributed by atoms with Crippen LogP contribution in [0.3, 0.4) is 0 Å². The first-order valence-corrected chi connectivity index (χ1v) is 8.93. The first-order chi connectivity index (χ1) is 14.2. The summed E-state index contributed by atoms with van der Waals surface area (Å²) in [6.45, 7) is 0. The van der Waals surface area contributed by atoms with E-state index in [1.165, 1.54) is 24.5 Å². The van der Waals surface area contributed by atoms with E-state index in [9.17, 15) is 9.18 Å². The summed E-state index contributed by atoms with van der Waals surface area (Å²) in [5.74, 6) is -0.985. The Bertz CT molecular complexity index is 1360. The second-order valence-electron chi connectivity index (χ2n) is 6.48. The van der Waals surface area contributed by atoms with E-state index < -0.39 is 11.7 Å². The minimum atomic E-state index is -0.537. The zero-order valence-corrected chi connectivity index (χ0v) is 15.1. The van der Waals surface area contributed by atoms with E-state index >= 15 is 0 Å². The summed E-state index contributed by atoms with van der Waals surface area (Å²) in [5, 5.41) is 2.79. The molecule has 1 amide bonds. The molecular weight excluding hydrogens is 369 g/mol. The van der Waals surface area contributed by atoms with Gasteiger partial charge in [0.15, 0.2) is 0 Å². The lowest BCUT2D eigenvalue weighted by Crippen LogP contribution is -2.13. The van der Waals surface area contributed by atoms with Gasteiger partial charge in [-0.15, -0.1) is 0 Å². The van der Waals surface area contributed by atoms with Gasteiger partial charge in [0.05, 0.1) is 22.1 Å². The van der Waals surface area contributed by atoms with Crippen molar-refractivity contribution >= 4 is 33.7 Å². The molecular formula is C22H14FN5O. The number of carbonyl (C=O) groups is 1. The topological polar surface area (TPSA) is 72.7 Å². The maximum atomic E-state index is 13.9. The van der Waals surface area contributed by atoms with E-state index in [4.69, 9.17) is 0 Å². The molecule has 7 heteroatoms. The highest BCUT2D eigenvalue weighted by Gasteiger charge is 2.14. The van der Waals surface area contributed by atoms with Crippen molar-refractivity contribution in [3.05, 3.63) is 90.8 Å². The van der Waals surface area contributed by atoms with Crippen LogP contribution < -0.4 is 5.32 Å². The third-order valence-corrected chi connectivity index (χ3v) is 4.64. The molecule has 2 heterocycles. The number of nitrogens with zero attached hydrogens (tertiary/aromatic N) is 4. The van der Waals surface area contributed by atoms with Crippen molar-refractivity contribution in [1.29, 1.82) is 0 Å². The maximum absolute atomic E-state index is 13.9. The Morgan fingerprint density at radius 1 is 0.897 bits per heavy atom. The lowest BCUT2D eigenvalue weighted by molar-refractivity contribution is 0.102. The van der Waals surface area contributed by atoms with Gasteiger partial charge in [0.25, 0.3) is 5.91 Å². The average molecular weight is 383 g/mol. The fourth-order valence-corrected chi connectivity index (χ4v) is 3.28. The van der Waals surface area contributed by atoms with Crippen molar-refractivity contribution in [2.75, 3.05) is 5.32 Å². The number of nitrogens with one attached hydrogen (secondary N) is 1. The fraction of sp³-hybridized carbons (Fsp3) is 0. The first-order valence-electron chi connectivity index (χ1n) is 8.93. The molecule has 0 aliphatic rings. The number of benzene rings is 3. The van der Waals surface area contributed by atoms with Gasteiger partial charge in [0.1, 0.15) is 17.7 Å². The summed E-state index contributed by atoms with van der Waals surface area (Å²) in [5.41, 5.74) is 4.23. The van der Waals surface area contributed by atoms with E-state index in [-0.39, 0.29) is 5.56 Å². The van der Waals surface area contributed by atoms with Gasteiger partial charge in [0.2, 0.25) is 0 Å². The van der Waals surface area contributed by atoms with Crippen molar-refractivity contribution in [1.82, 2.24) is 19.5 Å². The molecule has 2 aromatic heterocycles. The number of amides is 1. The number of halogens is 1. The molecule has 0 bridgehead atoms. The molecule has 1 N–H and O–H groups in total. The summed E-state index contributed by atoms with van der Waals surface area (Å²) >= 11 is 0. The van der Waals surface area contributed by atoms with Gasteiger partial charge >= 0.3 is 0 Å². The highest BCUT2D eigenvalue weighted by atomic mass is 19.1. The number of hydrogen-bond acceptors (Lipinski definition) is 4. The predicted octanol–water partition coefficient (Wildman–Crippen LogP) is 4.36. The molecule has 29 heavy (non-hydrogen) atoms. The van der Waals surface area contributed by atoms with Crippen LogP contribution in [-0.2, 0) is 0 Å². The predicted molar refractivity (Wildman–Crippen MR) is 109 cm³/mol. The van der Waals surface area contributed by atoms with Crippen molar-refractivity contribution in [3.63, 3.8) is 0 Å². The first kappa shape index (κ1) is 17.0. The standard InChI is InChI=1S/C22H14FN5O/c23-14-11-17(21-19(12-14)24-9-10-25-21)22(29)27-15-5-7-16(8-6-15)28-13-26-18-3-1-2-4-20(18)28/h1-13H,(H,27,29). The SMILES string of the molecule is O=C(Nc1ccc(-n2cnc3ccccc32)cc1)c1cc(F)cc2nccnc12. The lowest BCUT2D eigenvalue weighted by Gasteiger charge is -2.09. The van der Waals surface area contributed by atoms with Crippen LogP contribution in [-0.4, -0.2) is 25.4 Å². The Kier molecular flexibility index (Phi) is 3.98. The molecule has 140 valence electrons. The average Bonchev–Trinajstić information content (AvgIpc) is 3.18. The molecule has 3 aromatic carbocycles. The quantitative estimate of drug-likeness (QED) is 0.502. The summed E-state index contributed by atoms with van der Waals surface area (Å²) in [7, 11) is 0. The fourth-order valence-electron chi connectivity index (χ4n) is 3.28. The molecule has 0 unspecified atom stereocenters. The van der Waals surface area contributed by atoms with E-state index in [2.05, 4.69) is 20.3 Å². The minimum absolute atomic E-state index is 0.137. The van der Waals surface area contributed by atoms with Gasteiger partial charge in [-0.2, -0.15) is 0 Å². The number of carbonyl (C=O) groups excluding carboxylic acids is 1. The number of rotatable bonds is 3. The number of hydrogen-bond donors (Lipinski definition) is 1. The van der Waals surface area contributed by atoms with Crippen molar-refractivity contribution in [3.8, 4) is 5.69 Å².